The molecule has 0 saturated carbocycles. The molecule has 0 saturated heterocycles. The first-order valence-electron chi connectivity index (χ1n) is 12.9. The summed E-state index contributed by atoms with van der Waals surface area (Å²) in [5.74, 6) is 1.03. The van der Waals surface area contributed by atoms with E-state index < -0.39 is 18.0 Å². The van der Waals surface area contributed by atoms with Crippen LogP contribution in [0.15, 0.2) is 71.2 Å². The van der Waals surface area contributed by atoms with Crippen molar-refractivity contribution in [1.82, 2.24) is 25.2 Å². The van der Waals surface area contributed by atoms with E-state index in [-0.39, 0.29) is 35.6 Å². The zero-order valence-electron chi connectivity index (χ0n) is 23.3. The molecule has 0 radical (unpaired) electrons. The van der Waals surface area contributed by atoms with E-state index in [0.29, 0.717) is 34.2 Å². The zero-order valence-corrected chi connectivity index (χ0v) is 24.1. The van der Waals surface area contributed by atoms with Gasteiger partial charge in [-0.3, -0.25) is 9.59 Å². The molecule has 3 aromatic rings. The molecular weight excluding hydrogens is 560 g/mol. The quantitative estimate of drug-likeness (QED) is 0.245. The minimum Gasteiger partial charge on any atom is -0.481 e. The molecule has 13 heteroatoms. The van der Waals surface area contributed by atoms with Crippen LogP contribution in [-0.4, -0.2) is 62.7 Å². The third-order valence-electron chi connectivity index (χ3n) is 6.61. The van der Waals surface area contributed by atoms with E-state index in [9.17, 15) is 14.7 Å². The van der Waals surface area contributed by atoms with E-state index in [1.807, 2.05) is 0 Å². The number of aromatic nitrogens is 3. The first-order valence-corrected chi connectivity index (χ1v) is 13.3. The number of aliphatic hydroxyl groups is 1. The van der Waals surface area contributed by atoms with Crippen molar-refractivity contribution in [1.29, 1.82) is 0 Å². The van der Waals surface area contributed by atoms with Crippen molar-refractivity contribution >= 4 is 41.1 Å². The Hall–Kier alpha value is -4.81. The molecule has 4 rings (SSSR count). The van der Waals surface area contributed by atoms with Gasteiger partial charge in [-0.05, 0) is 48.7 Å². The van der Waals surface area contributed by atoms with Gasteiger partial charge in [-0.1, -0.05) is 30.3 Å². The number of amides is 2. The van der Waals surface area contributed by atoms with Crippen molar-refractivity contribution in [2.24, 2.45) is 10.7 Å². The highest BCUT2D eigenvalue weighted by atomic mass is 35.5. The van der Waals surface area contributed by atoms with Crippen molar-refractivity contribution in [2.45, 2.75) is 32.5 Å². The van der Waals surface area contributed by atoms with Crippen LogP contribution >= 0.6 is 11.6 Å². The molecule has 1 aromatic carbocycles. The van der Waals surface area contributed by atoms with E-state index >= 15 is 0 Å². The Kier molecular flexibility index (Phi) is 9.50. The van der Waals surface area contributed by atoms with Crippen LogP contribution in [0.1, 0.15) is 45.8 Å². The summed E-state index contributed by atoms with van der Waals surface area (Å²) in [5, 5.41) is 15.8. The van der Waals surface area contributed by atoms with E-state index in [2.05, 4.69) is 37.2 Å². The number of carbonyl (C=O) groups excluding carboxylic acids is 2. The molecule has 0 aliphatic carbocycles. The van der Waals surface area contributed by atoms with Gasteiger partial charge >= 0.3 is 0 Å². The highest BCUT2D eigenvalue weighted by Crippen LogP contribution is 2.28. The van der Waals surface area contributed by atoms with Crippen LogP contribution in [-0.2, 0) is 11.3 Å². The number of aryl methyl sites for hydroxylation is 1. The maximum absolute atomic E-state index is 13.3. The molecule has 5 N–H and O–H groups in total. The maximum atomic E-state index is 13.3. The number of ether oxygens (including phenoxy) is 1. The van der Waals surface area contributed by atoms with Crippen molar-refractivity contribution < 1.29 is 19.4 Å². The fourth-order valence-electron chi connectivity index (χ4n) is 4.27. The van der Waals surface area contributed by atoms with Crippen LogP contribution in [0, 0.1) is 6.92 Å². The molecule has 3 heterocycles. The van der Waals surface area contributed by atoms with E-state index in [0.717, 1.165) is 5.56 Å². The van der Waals surface area contributed by atoms with Crippen LogP contribution in [0.3, 0.4) is 0 Å². The highest BCUT2D eigenvalue weighted by molar-refractivity contribution is 6.42. The number of nitrogens with two attached hydrogens (primary N) is 1. The summed E-state index contributed by atoms with van der Waals surface area (Å²) in [4.78, 5) is 44.4. The molecule has 1 aliphatic heterocycles. The smallest absolute Gasteiger partial charge is 0.255 e. The van der Waals surface area contributed by atoms with Gasteiger partial charge in [0, 0.05) is 36.8 Å². The van der Waals surface area contributed by atoms with E-state index in [4.69, 9.17) is 22.1 Å². The van der Waals surface area contributed by atoms with Crippen molar-refractivity contribution in [3.63, 3.8) is 0 Å². The minimum atomic E-state index is -0.813. The first-order chi connectivity index (χ1) is 20.1. The van der Waals surface area contributed by atoms with E-state index in [1.165, 1.54) is 24.4 Å². The predicted octanol–water partition coefficient (Wildman–Crippen LogP) is 2.90. The third-order valence-corrected chi connectivity index (χ3v) is 6.91. The van der Waals surface area contributed by atoms with Crippen LogP contribution < -0.4 is 21.1 Å². The number of nitrogens with one attached hydrogen (secondary N) is 2. The van der Waals surface area contributed by atoms with Crippen LogP contribution in [0.25, 0.3) is 5.70 Å². The number of methoxy groups -OCH3 is 1. The Morgan fingerprint density at radius 2 is 2.05 bits per heavy atom. The van der Waals surface area contributed by atoms with Gasteiger partial charge in [0.1, 0.15) is 23.5 Å². The third kappa shape index (κ3) is 6.90. The summed E-state index contributed by atoms with van der Waals surface area (Å²) in [6.45, 7) is 7.12. The molecule has 12 nitrogen and oxygen atoms in total. The van der Waals surface area contributed by atoms with Gasteiger partial charge in [0.05, 0.1) is 30.5 Å². The molecule has 0 bridgehead atoms. The Morgan fingerprint density at radius 3 is 2.76 bits per heavy atom. The van der Waals surface area contributed by atoms with Gasteiger partial charge in [-0.2, -0.15) is 0 Å². The number of fused-ring (bicyclic) bond motifs is 1. The SMILES string of the molecule is C=C(N=C/C(Cl)=C(\N)c1ccc2c(c1)C(=O)N([C@H](C)C(=O)N[C@H](CO)c1ccnc(OC)c1)C2)Nc1ccnc(C)n1. The summed E-state index contributed by atoms with van der Waals surface area (Å²) in [6.07, 6.45) is 4.49. The second-order valence-corrected chi connectivity index (χ2v) is 9.84. The summed E-state index contributed by atoms with van der Waals surface area (Å²) in [5.41, 5.74) is 8.80. The van der Waals surface area contributed by atoms with Gasteiger partial charge < -0.3 is 31.1 Å². The molecular formula is C29H31ClN8O4. The molecule has 0 fully saturated rings. The molecule has 2 atom stereocenters. The second-order valence-electron chi connectivity index (χ2n) is 9.44. The first kappa shape index (κ1) is 30.2. The number of aliphatic hydroxyl groups excluding tert-OH is 1. The molecule has 2 aromatic heterocycles. The molecule has 218 valence electrons. The lowest BCUT2D eigenvalue weighted by Crippen LogP contribution is -2.46. The number of pyridine rings is 1. The van der Waals surface area contributed by atoms with Crippen LogP contribution in [0.2, 0.25) is 0 Å². The Morgan fingerprint density at radius 1 is 1.29 bits per heavy atom. The molecule has 42 heavy (non-hydrogen) atoms. The fraction of sp³-hybridized carbons (Fsp3) is 0.241. The Bertz CT molecular complexity index is 1570. The van der Waals surface area contributed by atoms with E-state index in [1.54, 1.807) is 56.4 Å². The highest BCUT2D eigenvalue weighted by Gasteiger charge is 2.35. The number of rotatable bonds is 11. The minimum absolute atomic E-state index is 0.148. The Balaban J connectivity index is 1.44. The lowest BCUT2D eigenvalue weighted by atomic mass is 10.0. The predicted molar refractivity (Wildman–Crippen MR) is 160 cm³/mol. The summed E-state index contributed by atoms with van der Waals surface area (Å²) >= 11 is 6.41. The van der Waals surface area contributed by atoms with Crippen molar-refractivity contribution in [2.75, 3.05) is 19.0 Å². The number of anilines is 1. The summed E-state index contributed by atoms with van der Waals surface area (Å²) in [7, 11) is 1.48. The van der Waals surface area contributed by atoms with Gasteiger partial charge in [0.15, 0.2) is 0 Å². The van der Waals surface area contributed by atoms with Gasteiger partial charge in [0.25, 0.3) is 5.91 Å². The number of nitrogens with zero attached hydrogens (tertiary/aromatic N) is 5. The average Bonchev–Trinajstić information content (AvgIpc) is 3.33. The largest absolute Gasteiger partial charge is 0.481 e. The standard InChI is InChI=1S/C29H31ClN8O4/c1-16(28(40)37-24(15-39)19-7-9-33-26(12-19)42-4)38-14-21-6-5-20(11-22(21)29(38)41)27(31)23(30)13-34-18(3)36-25-8-10-32-17(2)35-25/h5-13,16,24,39H,3,14-15,31H2,1-2,4H3,(H,37,40)(H,32,35,36)/b27-23+,34-13?/t16-,24-/m1/s1. The number of halogens is 1. The fourth-order valence-corrected chi connectivity index (χ4v) is 4.43. The van der Waals surface area contributed by atoms with Crippen LogP contribution in [0.4, 0.5) is 5.82 Å². The monoisotopic (exact) mass is 590 g/mol. The lowest BCUT2D eigenvalue weighted by molar-refractivity contribution is -0.126. The Labute approximate surface area is 248 Å². The van der Waals surface area contributed by atoms with Crippen molar-refractivity contribution in [3.8, 4) is 5.88 Å². The van der Waals surface area contributed by atoms with Gasteiger partial charge in [0.2, 0.25) is 11.8 Å². The summed E-state index contributed by atoms with van der Waals surface area (Å²) < 4.78 is 5.13. The number of carbonyl (C=O) groups is 2. The number of hydrogen-bond donors (Lipinski definition) is 4. The van der Waals surface area contributed by atoms with Crippen molar-refractivity contribution in [3.05, 3.63) is 94.3 Å². The maximum Gasteiger partial charge on any atom is 0.255 e. The number of hydrogen-bond acceptors (Lipinski definition) is 10. The van der Waals surface area contributed by atoms with Crippen LogP contribution in [0.5, 0.6) is 5.88 Å². The number of benzene rings is 1. The number of allylic oxidation sites excluding steroid dienone is 1. The molecule has 1 aliphatic rings. The topological polar surface area (TPSA) is 168 Å². The summed E-state index contributed by atoms with van der Waals surface area (Å²) in [6, 6.07) is 8.64. The zero-order chi connectivity index (χ0) is 30.4. The normalized spacial score (nSPS) is 14.7. The lowest BCUT2D eigenvalue weighted by Gasteiger charge is -2.26. The van der Waals surface area contributed by atoms with Gasteiger partial charge in [-0.25, -0.2) is 19.9 Å². The average molecular weight is 591 g/mol. The number of aliphatic imine (C=N–C) groups is 1. The molecule has 0 unspecified atom stereocenters. The molecule has 0 spiro atoms. The second kappa shape index (κ2) is 13.2. The van der Waals surface area contributed by atoms with Gasteiger partial charge in [-0.15, -0.1) is 0 Å². The molecule has 2 amide bonds.